The number of hydrogen-bond acceptors (Lipinski definition) is 6. The van der Waals surface area contributed by atoms with E-state index in [4.69, 9.17) is 0 Å². The number of piperazine rings is 1. The van der Waals surface area contributed by atoms with Crippen LogP contribution in [0.15, 0.2) is 24.5 Å². The fraction of sp³-hybridized carbons (Fsp3) is 0.500. The van der Waals surface area contributed by atoms with Gasteiger partial charge in [0.05, 0.1) is 0 Å². The van der Waals surface area contributed by atoms with Gasteiger partial charge in [-0.3, -0.25) is 0 Å². The second-order valence-electron chi connectivity index (χ2n) is 6.26. The van der Waals surface area contributed by atoms with E-state index >= 15 is 0 Å². The van der Waals surface area contributed by atoms with Crippen LogP contribution in [0.3, 0.4) is 0 Å². The molecule has 0 bridgehead atoms. The molecule has 0 aromatic carbocycles. The zero-order valence-electron chi connectivity index (χ0n) is 14.8. The van der Waals surface area contributed by atoms with E-state index in [-0.39, 0.29) is 0 Å². The van der Waals surface area contributed by atoms with Crippen molar-refractivity contribution in [2.45, 2.75) is 27.3 Å². The third-order valence-corrected chi connectivity index (χ3v) is 4.63. The molecule has 3 rings (SSSR count). The SMILES string of the molecule is CCN1CCN(c2ccc(CNc3ncc(C)c(C)n3)cn2)CC1. The maximum absolute atomic E-state index is 4.62. The number of aromatic nitrogens is 3. The Morgan fingerprint density at radius 2 is 1.83 bits per heavy atom. The van der Waals surface area contributed by atoms with Gasteiger partial charge in [-0.15, -0.1) is 0 Å². The maximum Gasteiger partial charge on any atom is 0.223 e. The number of nitrogens with one attached hydrogen (secondary N) is 1. The maximum atomic E-state index is 4.62. The highest BCUT2D eigenvalue weighted by molar-refractivity contribution is 5.40. The summed E-state index contributed by atoms with van der Waals surface area (Å²) in [5.41, 5.74) is 3.25. The lowest BCUT2D eigenvalue weighted by molar-refractivity contribution is 0.270. The minimum absolute atomic E-state index is 0.665. The molecule has 6 nitrogen and oxygen atoms in total. The normalized spacial score (nSPS) is 15.5. The molecule has 1 aliphatic rings. The zero-order chi connectivity index (χ0) is 16.9. The molecular formula is C18H26N6. The topological polar surface area (TPSA) is 57.2 Å². The largest absolute Gasteiger partial charge is 0.354 e. The van der Waals surface area contributed by atoms with E-state index in [1.54, 1.807) is 0 Å². The average molecular weight is 326 g/mol. The first-order valence-electron chi connectivity index (χ1n) is 8.62. The molecule has 0 spiro atoms. The number of aryl methyl sites for hydroxylation is 2. The molecule has 128 valence electrons. The van der Waals surface area contributed by atoms with Crippen LogP contribution >= 0.6 is 0 Å². The fourth-order valence-corrected chi connectivity index (χ4v) is 2.80. The number of rotatable bonds is 5. The Kier molecular flexibility index (Phi) is 5.25. The summed E-state index contributed by atoms with van der Waals surface area (Å²) in [6, 6.07) is 4.24. The molecule has 0 atom stereocenters. The summed E-state index contributed by atoms with van der Waals surface area (Å²) in [4.78, 5) is 18.2. The average Bonchev–Trinajstić information content (AvgIpc) is 2.63. The molecule has 0 radical (unpaired) electrons. The predicted molar refractivity (Wildman–Crippen MR) is 97.4 cm³/mol. The molecule has 0 saturated carbocycles. The van der Waals surface area contributed by atoms with Gasteiger partial charge in [-0.2, -0.15) is 0 Å². The molecule has 1 aliphatic heterocycles. The smallest absolute Gasteiger partial charge is 0.223 e. The summed E-state index contributed by atoms with van der Waals surface area (Å²) in [6.07, 6.45) is 3.79. The summed E-state index contributed by atoms with van der Waals surface area (Å²) >= 11 is 0. The van der Waals surface area contributed by atoms with Gasteiger partial charge in [0, 0.05) is 50.8 Å². The Morgan fingerprint density at radius 1 is 1.04 bits per heavy atom. The van der Waals surface area contributed by atoms with Crippen LogP contribution in [0.4, 0.5) is 11.8 Å². The van der Waals surface area contributed by atoms with Crippen molar-refractivity contribution in [1.29, 1.82) is 0 Å². The Bertz CT molecular complexity index is 662. The van der Waals surface area contributed by atoms with E-state index in [9.17, 15) is 0 Å². The van der Waals surface area contributed by atoms with Gasteiger partial charge in [0.1, 0.15) is 5.82 Å². The summed E-state index contributed by atoms with van der Waals surface area (Å²) in [6.45, 7) is 12.4. The van der Waals surface area contributed by atoms with Crippen LogP contribution in [-0.2, 0) is 6.54 Å². The highest BCUT2D eigenvalue weighted by atomic mass is 15.3. The first-order valence-corrected chi connectivity index (χ1v) is 8.62. The lowest BCUT2D eigenvalue weighted by Gasteiger charge is -2.34. The van der Waals surface area contributed by atoms with E-state index in [0.29, 0.717) is 12.5 Å². The van der Waals surface area contributed by atoms with Crippen LogP contribution in [0.1, 0.15) is 23.7 Å². The van der Waals surface area contributed by atoms with Crippen molar-refractivity contribution in [3.63, 3.8) is 0 Å². The Labute approximate surface area is 143 Å². The molecule has 3 heterocycles. The minimum atomic E-state index is 0.665. The van der Waals surface area contributed by atoms with Crippen molar-refractivity contribution in [3.8, 4) is 0 Å². The van der Waals surface area contributed by atoms with Crippen LogP contribution in [0, 0.1) is 13.8 Å². The second-order valence-corrected chi connectivity index (χ2v) is 6.26. The van der Waals surface area contributed by atoms with Crippen molar-refractivity contribution in [3.05, 3.63) is 41.3 Å². The first kappa shape index (κ1) is 16.6. The lowest BCUT2D eigenvalue weighted by atomic mass is 10.2. The fourth-order valence-electron chi connectivity index (χ4n) is 2.80. The number of anilines is 2. The first-order chi connectivity index (χ1) is 11.7. The molecule has 1 saturated heterocycles. The third-order valence-electron chi connectivity index (χ3n) is 4.63. The number of hydrogen-bond donors (Lipinski definition) is 1. The van der Waals surface area contributed by atoms with Crippen molar-refractivity contribution in [2.75, 3.05) is 42.9 Å². The summed E-state index contributed by atoms with van der Waals surface area (Å²) in [7, 11) is 0. The van der Waals surface area contributed by atoms with E-state index in [0.717, 1.165) is 55.4 Å². The number of likely N-dealkylation sites (N-methyl/N-ethyl adjacent to an activating group) is 1. The van der Waals surface area contributed by atoms with Crippen molar-refractivity contribution in [1.82, 2.24) is 19.9 Å². The molecule has 2 aromatic rings. The van der Waals surface area contributed by atoms with Crippen molar-refractivity contribution in [2.24, 2.45) is 0 Å². The molecule has 0 unspecified atom stereocenters. The third kappa shape index (κ3) is 4.00. The van der Waals surface area contributed by atoms with Crippen molar-refractivity contribution < 1.29 is 0 Å². The van der Waals surface area contributed by atoms with E-state index in [1.807, 2.05) is 26.2 Å². The number of pyridine rings is 1. The molecule has 0 aliphatic carbocycles. The predicted octanol–water partition coefficient (Wildman–Crippen LogP) is 2.24. The van der Waals surface area contributed by atoms with Crippen LogP contribution in [0.5, 0.6) is 0 Å². The van der Waals surface area contributed by atoms with Gasteiger partial charge in [0.2, 0.25) is 5.95 Å². The summed E-state index contributed by atoms with van der Waals surface area (Å²) < 4.78 is 0. The molecule has 2 aromatic heterocycles. The Balaban J connectivity index is 1.55. The van der Waals surface area contributed by atoms with Crippen molar-refractivity contribution >= 4 is 11.8 Å². The van der Waals surface area contributed by atoms with Gasteiger partial charge in [-0.1, -0.05) is 13.0 Å². The van der Waals surface area contributed by atoms with E-state index < -0.39 is 0 Å². The number of nitrogens with zero attached hydrogens (tertiary/aromatic N) is 5. The standard InChI is InChI=1S/C18H26N6/c1-4-23-7-9-24(10-8-23)17-6-5-16(12-19-17)13-21-18-20-11-14(2)15(3)22-18/h5-6,11-12H,4,7-10,13H2,1-3H3,(H,20,21,22). The molecule has 1 fully saturated rings. The van der Waals surface area contributed by atoms with Crippen LogP contribution in [0.2, 0.25) is 0 Å². The highest BCUT2D eigenvalue weighted by Gasteiger charge is 2.16. The van der Waals surface area contributed by atoms with E-state index in [1.165, 1.54) is 0 Å². The van der Waals surface area contributed by atoms with Gasteiger partial charge < -0.3 is 15.1 Å². The van der Waals surface area contributed by atoms with Crippen LogP contribution in [0.25, 0.3) is 0 Å². The molecular weight excluding hydrogens is 300 g/mol. The lowest BCUT2D eigenvalue weighted by Crippen LogP contribution is -2.46. The monoisotopic (exact) mass is 326 g/mol. The molecule has 0 amide bonds. The highest BCUT2D eigenvalue weighted by Crippen LogP contribution is 2.14. The molecule has 6 heteroatoms. The van der Waals surface area contributed by atoms with Gasteiger partial charge in [0.15, 0.2) is 0 Å². The van der Waals surface area contributed by atoms with Gasteiger partial charge in [-0.25, -0.2) is 15.0 Å². The molecule has 24 heavy (non-hydrogen) atoms. The van der Waals surface area contributed by atoms with Gasteiger partial charge in [-0.05, 0) is 37.6 Å². The zero-order valence-corrected chi connectivity index (χ0v) is 14.8. The Morgan fingerprint density at radius 3 is 2.46 bits per heavy atom. The summed E-state index contributed by atoms with van der Waals surface area (Å²) in [5, 5.41) is 3.26. The second kappa shape index (κ2) is 7.57. The molecule has 1 N–H and O–H groups in total. The van der Waals surface area contributed by atoms with E-state index in [2.05, 4.69) is 49.1 Å². The quantitative estimate of drug-likeness (QED) is 0.909. The van der Waals surface area contributed by atoms with Gasteiger partial charge in [0.25, 0.3) is 0 Å². The van der Waals surface area contributed by atoms with Gasteiger partial charge >= 0.3 is 0 Å². The van der Waals surface area contributed by atoms with Crippen LogP contribution < -0.4 is 10.2 Å². The minimum Gasteiger partial charge on any atom is -0.354 e. The Hall–Kier alpha value is -2.21. The summed E-state index contributed by atoms with van der Waals surface area (Å²) in [5.74, 6) is 1.73. The van der Waals surface area contributed by atoms with Crippen LogP contribution in [-0.4, -0.2) is 52.6 Å².